The SMILES string of the molecule is NC(=O)N1CCN(C(=O)C2Cc3ncn(Cc4ccc([N+](=O)[O-])cc4)c3CN2C(=O)Nc2ccc(F)cc2)CC1. The maximum atomic E-state index is 13.7. The van der Waals surface area contributed by atoms with E-state index < -0.39 is 28.8 Å². The van der Waals surface area contributed by atoms with Crippen molar-refractivity contribution in [2.75, 3.05) is 31.5 Å². The third-order valence-electron chi connectivity index (χ3n) is 7.16. The molecule has 3 N–H and O–H groups in total. The summed E-state index contributed by atoms with van der Waals surface area (Å²) in [5.74, 6) is -0.715. The Morgan fingerprint density at radius 2 is 1.68 bits per heavy atom. The zero-order valence-electron chi connectivity index (χ0n) is 21.4. The van der Waals surface area contributed by atoms with Crippen molar-refractivity contribution in [3.8, 4) is 0 Å². The highest BCUT2D eigenvalue weighted by atomic mass is 19.1. The van der Waals surface area contributed by atoms with E-state index in [9.17, 15) is 28.9 Å². The number of hydrogen-bond acceptors (Lipinski definition) is 6. The Labute approximate surface area is 228 Å². The molecule has 5 rings (SSSR count). The Morgan fingerprint density at radius 1 is 1.02 bits per heavy atom. The largest absolute Gasteiger partial charge is 0.351 e. The first-order chi connectivity index (χ1) is 19.2. The lowest BCUT2D eigenvalue weighted by atomic mass is 10.0. The van der Waals surface area contributed by atoms with Gasteiger partial charge >= 0.3 is 12.1 Å². The van der Waals surface area contributed by atoms with Crippen LogP contribution in [-0.4, -0.2) is 79.4 Å². The quantitative estimate of drug-likeness (QED) is 0.366. The third kappa shape index (κ3) is 5.55. The smallest absolute Gasteiger partial charge is 0.322 e. The molecule has 0 spiro atoms. The second-order valence-corrected chi connectivity index (χ2v) is 9.62. The molecule has 0 saturated carbocycles. The van der Waals surface area contributed by atoms with E-state index in [0.29, 0.717) is 31.0 Å². The van der Waals surface area contributed by atoms with Crippen molar-refractivity contribution < 1.29 is 23.7 Å². The maximum absolute atomic E-state index is 13.7. The van der Waals surface area contributed by atoms with E-state index in [4.69, 9.17) is 5.73 Å². The van der Waals surface area contributed by atoms with Crippen LogP contribution in [0.1, 0.15) is 17.0 Å². The number of halogens is 1. The first-order valence-electron chi connectivity index (χ1n) is 12.6. The Hall–Kier alpha value is -5.01. The molecule has 0 aliphatic carbocycles. The van der Waals surface area contributed by atoms with Gasteiger partial charge in [0.2, 0.25) is 5.91 Å². The summed E-state index contributed by atoms with van der Waals surface area (Å²) in [5, 5.41) is 13.7. The van der Waals surface area contributed by atoms with Crippen LogP contribution in [-0.2, 0) is 24.3 Å². The van der Waals surface area contributed by atoms with Crippen LogP contribution < -0.4 is 11.1 Å². The van der Waals surface area contributed by atoms with Gasteiger partial charge in [-0.05, 0) is 29.8 Å². The number of nitrogens with zero attached hydrogens (tertiary/aromatic N) is 6. The van der Waals surface area contributed by atoms with Crippen molar-refractivity contribution >= 4 is 29.3 Å². The van der Waals surface area contributed by atoms with Gasteiger partial charge < -0.3 is 30.3 Å². The zero-order valence-corrected chi connectivity index (χ0v) is 21.4. The van der Waals surface area contributed by atoms with Crippen molar-refractivity contribution in [1.82, 2.24) is 24.3 Å². The molecule has 13 nitrogen and oxygen atoms in total. The maximum Gasteiger partial charge on any atom is 0.322 e. The third-order valence-corrected chi connectivity index (χ3v) is 7.16. The number of piperazine rings is 1. The van der Waals surface area contributed by atoms with Gasteiger partial charge in [-0.2, -0.15) is 0 Å². The molecule has 1 fully saturated rings. The van der Waals surface area contributed by atoms with E-state index in [1.54, 1.807) is 23.4 Å². The number of rotatable bonds is 5. The van der Waals surface area contributed by atoms with Crippen LogP contribution >= 0.6 is 0 Å². The van der Waals surface area contributed by atoms with Crippen LogP contribution in [0.2, 0.25) is 0 Å². The van der Waals surface area contributed by atoms with E-state index in [1.165, 1.54) is 46.2 Å². The summed E-state index contributed by atoms with van der Waals surface area (Å²) in [6, 6.07) is 9.55. The van der Waals surface area contributed by atoms with E-state index in [1.807, 2.05) is 4.57 Å². The molecule has 2 aliphatic rings. The molecule has 14 heteroatoms. The Morgan fingerprint density at radius 3 is 2.30 bits per heavy atom. The molecule has 0 radical (unpaired) electrons. The van der Waals surface area contributed by atoms with Crippen molar-refractivity contribution in [3.63, 3.8) is 0 Å². The predicted molar refractivity (Wildman–Crippen MR) is 141 cm³/mol. The average Bonchev–Trinajstić information content (AvgIpc) is 3.35. The summed E-state index contributed by atoms with van der Waals surface area (Å²) in [7, 11) is 0. The second kappa shape index (κ2) is 11.0. The number of fused-ring (bicyclic) bond motifs is 1. The molecule has 0 bridgehead atoms. The lowest BCUT2D eigenvalue weighted by molar-refractivity contribution is -0.384. The number of urea groups is 2. The predicted octanol–water partition coefficient (Wildman–Crippen LogP) is 2.16. The number of imidazole rings is 1. The summed E-state index contributed by atoms with van der Waals surface area (Å²) < 4.78 is 15.2. The number of anilines is 1. The second-order valence-electron chi connectivity index (χ2n) is 9.62. The molecule has 1 saturated heterocycles. The molecule has 1 aromatic heterocycles. The molecule has 2 aromatic carbocycles. The van der Waals surface area contributed by atoms with E-state index in [-0.39, 0.29) is 37.6 Å². The highest BCUT2D eigenvalue weighted by Crippen LogP contribution is 2.26. The zero-order chi connectivity index (χ0) is 28.4. The van der Waals surface area contributed by atoms with Gasteiger partial charge in [0.05, 0.1) is 29.2 Å². The fourth-order valence-corrected chi connectivity index (χ4v) is 4.94. The van der Waals surface area contributed by atoms with Gasteiger partial charge in [-0.15, -0.1) is 0 Å². The van der Waals surface area contributed by atoms with Crippen LogP contribution in [0.25, 0.3) is 0 Å². The summed E-state index contributed by atoms with van der Waals surface area (Å²) >= 11 is 0. The number of carbonyl (C=O) groups excluding carboxylic acids is 3. The van der Waals surface area contributed by atoms with Gasteiger partial charge in [0.25, 0.3) is 5.69 Å². The van der Waals surface area contributed by atoms with Gasteiger partial charge in [0, 0.05) is 57.0 Å². The summed E-state index contributed by atoms with van der Waals surface area (Å²) in [6.45, 7) is 1.60. The number of amides is 5. The number of hydrogen-bond donors (Lipinski definition) is 2. The van der Waals surface area contributed by atoms with Crippen molar-refractivity contribution in [2.45, 2.75) is 25.6 Å². The summed E-state index contributed by atoms with van der Waals surface area (Å²) in [4.78, 5) is 58.2. The Balaban J connectivity index is 1.39. The monoisotopic (exact) mass is 550 g/mol. The van der Waals surface area contributed by atoms with Crippen LogP contribution in [0.4, 0.5) is 25.4 Å². The number of aromatic nitrogens is 2. The Bertz CT molecular complexity index is 1430. The minimum Gasteiger partial charge on any atom is -0.351 e. The number of nitro benzene ring substituents is 1. The standard InChI is InChI=1S/C26H27FN8O5/c27-18-3-5-19(6-4-18)30-26(38)34-15-23-21(13-22(34)24(36)31-9-11-32(12-10-31)25(28)37)29-16-33(23)14-17-1-7-20(8-2-17)35(39)40/h1-8,16,22H,9-15H2,(H2,28,37)(H,30,38). The molecule has 1 unspecified atom stereocenters. The molecule has 5 amide bonds. The van der Waals surface area contributed by atoms with Gasteiger partial charge in [0.15, 0.2) is 0 Å². The van der Waals surface area contributed by atoms with E-state index >= 15 is 0 Å². The number of nitrogens with two attached hydrogens (primary N) is 1. The molecule has 1 atom stereocenters. The fraction of sp³-hybridized carbons (Fsp3) is 0.308. The highest BCUT2D eigenvalue weighted by Gasteiger charge is 2.40. The number of non-ortho nitro benzene ring substituents is 1. The topological polar surface area (TPSA) is 160 Å². The van der Waals surface area contributed by atoms with E-state index in [0.717, 1.165) is 11.3 Å². The number of benzene rings is 2. The molecular formula is C26H27FN8O5. The van der Waals surface area contributed by atoms with Gasteiger partial charge in [0.1, 0.15) is 11.9 Å². The van der Waals surface area contributed by atoms with Crippen LogP contribution in [0, 0.1) is 15.9 Å². The Kier molecular flexibility index (Phi) is 7.31. The number of primary amides is 1. The summed E-state index contributed by atoms with van der Waals surface area (Å²) in [6.07, 6.45) is 1.80. The number of nitro groups is 1. The highest BCUT2D eigenvalue weighted by molar-refractivity contribution is 5.94. The molecule has 3 aromatic rings. The lowest BCUT2D eigenvalue weighted by Gasteiger charge is -2.40. The minimum atomic E-state index is -0.851. The molecule has 3 heterocycles. The van der Waals surface area contributed by atoms with Crippen LogP contribution in [0.3, 0.4) is 0 Å². The van der Waals surface area contributed by atoms with Crippen molar-refractivity contribution in [3.05, 3.63) is 87.7 Å². The average molecular weight is 551 g/mol. The number of nitrogens with one attached hydrogen (secondary N) is 1. The van der Waals surface area contributed by atoms with Gasteiger partial charge in [-0.1, -0.05) is 12.1 Å². The van der Waals surface area contributed by atoms with Crippen LogP contribution in [0.5, 0.6) is 0 Å². The van der Waals surface area contributed by atoms with Crippen molar-refractivity contribution in [1.29, 1.82) is 0 Å². The van der Waals surface area contributed by atoms with Crippen molar-refractivity contribution in [2.24, 2.45) is 5.73 Å². The first-order valence-corrected chi connectivity index (χ1v) is 12.6. The first kappa shape index (κ1) is 26.6. The van der Waals surface area contributed by atoms with Gasteiger partial charge in [-0.25, -0.2) is 19.0 Å². The van der Waals surface area contributed by atoms with Crippen LogP contribution in [0.15, 0.2) is 54.9 Å². The fourth-order valence-electron chi connectivity index (χ4n) is 4.94. The molecule has 208 valence electrons. The minimum absolute atomic E-state index is 0.0157. The lowest BCUT2D eigenvalue weighted by Crippen LogP contribution is -2.59. The summed E-state index contributed by atoms with van der Waals surface area (Å²) in [5.41, 5.74) is 7.93. The van der Waals surface area contributed by atoms with Gasteiger partial charge in [-0.3, -0.25) is 14.9 Å². The number of carbonyl (C=O) groups is 3. The molecule has 40 heavy (non-hydrogen) atoms. The normalized spacial score (nSPS) is 16.8. The molecular weight excluding hydrogens is 523 g/mol. The molecule has 2 aliphatic heterocycles. The van der Waals surface area contributed by atoms with E-state index in [2.05, 4.69) is 10.3 Å².